The Kier molecular flexibility index (Phi) is 12.4. The van der Waals surface area contributed by atoms with Crippen molar-refractivity contribution in [1.29, 1.82) is 0 Å². The minimum absolute atomic E-state index is 0. The molecule has 0 bridgehead atoms. The van der Waals surface area contributed by atoms with Gasteiger partial charge in [0.15, 0.2) is 0 Å². The molecule has 0 saturated carbocycles. The van der Waals surface area contributed by atoms with E-state index >= 15 is 0 Å². The summed E-state index contributed by atoms with van der Waals surface area (Å²) in [6.07, 6.45) is 1.61. The first-order chi connectivity index (χ1) is 19.3. The number of carboxylic acids is 1. The van der Waals surface area contributed by atoms with E-state index in [-0.39, 0.29) is 54.7 Å². The zero-order valence-corrected chi connectivity index (χ0v) is 25.3. The number of anilines is 2. The Morgan fingerprint density at radius 3 is 2.44 bits per heavy atom. The van der Waals surface area contributed by atoms with E-state index in [1.54, 1.807) is 19.2 Å². The molecular formula is C31H44ClFN2O6. The number of benzene rings is 2. The third-order valence-electron chi connectivity index (χ3n) is 8.03. The minimum Gasteiger partial charge on any atom is -0.494 e. The van der Waals surface area contributed by atoms with E-state index in [1.165, 1.54) is 6.07 Å². The molecule has 0 radical (unpaired) electrons. The molecule has 1 N–H and O–H groups in total. The van der Waals surface area contributed by atoms with Crippen molar-refractivity contribution in [1.82, 2.24) is 0 Å². The van der Waals surface area contributed by atoms with Crippen LogP contribution < -0.4 is 19.3 Å². The maximum Gasteiger partial charge on any atom is 0.305 e. The number of carbonyl (C=O) groups is 1. The first-order valence-corrected chi connectivity index (χ1v) is 14.3. The highest BCUT2D eigenvalue weighted by Crippen LogP contribution is 2.35. The third-order valence-corrected chi connectivity index (χ3v) is 8.03. The number of methoxy groups -OCH3 is 1. The maximum absolute atomic E-state index is 14.6. The number of hydrogen-bond acceptors (Lipinski definition) is 7. The summed E-state index contributed by atoms with van der Waals surface area (Å²) in [4.78, 5) is 15.8. The normalized spacial score (nSPS) is 24.2. The quantitative estimate of drug-likeness (QED) is 0.298. The molecule has 2 unspecified atom stereocenters. The molecule has 0 aliphatic carbocycles. The number of carboxylic acid groups (broad SMARTS) is 1. The van der Waals surface area contributed by atoms with Gasteiger partial charge in [0.25, 0.3) is 0 Å². The predicted octanol–water partition coefficient (Wildman–Crippen LogP) is 5.66. The van der Waals surface area contributed by atoms with Crippen molar-refractivity contribution in [2.24, 2.45) is 11.8 Å². The van der Waals surface area contributed by atoms with Gasteiger partial charge < -0.3 is 33.9 Å². The van der Waals surface area contributed by atoms with Crippen molar-refractivity contribution in [3.63, 3.8) is 0 Å². The van der Waals surface area contributed by atoms with Crippen molar-refractivity contribution in [2.75, 3.05) is 56.4 Å². The Hall–Kier alpha value is -2.75. The average molecular weight is 595 g/mol. The van der Waals surface area contributed by atoms with Crippen molar-refractivity contribution < 1.29 is 33.2 Å². The Bertz CT molecular complexity index is 1110. The molecule has 2 aliphatic rings. The van der Waals surface area contributed by atoms with Crippen LogP contribution in [0, 0.1) is 17.7 Å². The van der Waals surface area contributed by atoms with Crippen LogP contribution in [0.5, 0.6) is 11.5 Å². The van der Waals surface area contributed by atoms with Gasteiger partial charge in [0.05, 0.1) is 24.8 Å². The molecule has 2 fully saturated rings. The molecule has 41 heavy (non-hydrogen) atoms. The lowest BCUT2D eigenvalue weighted by Crippen LogP contribution is -2.44. The zero-order chi connectivity index (χ0) is 28.6. The van der Waals surface area contributed by atoms with Crippen LogP contribution in [0.25, 0.3) is 0 Å². The van der Waals surface area contributed by atoms with Crippen LogP contribution in [0.3, 0.4) is 0 Å². The number of halogens is 2. The van der Waals surface area contributed by atoms with Gasteiger partial charge in [0, 0.05) is 76.0 Å². The average Bonchev–Trinajstić information content (AvgIpc) is 3.23. The molecule has 8 nitrogen and oxygen atoms in total. The second kappa shape index (κ2) is 15.5. The summed E-state index contributed by atoms with van der Waals surface area (Å²) >= 11 is 0. The van der Waals surface area contributed by atoms with Crippen LogP contribution in [0.1, 0.15) is 40.0 Å². The summed E-state index contributed by atoms with van der Waals surface area (Å²) in [5, 5.41) is 9.55. The van der Waals surface area contributed by atoms with Gasteiger partial charge >= 0.3 is 5.97 Å². The summed E-state index contributed by atoms with van der Waals surface area (Å²) in [7, 11) is 1.67. The van der Waals surface area contributed by atoms with Gasteiger partial charge in [-0.25, -0.2) is 4.39 Å². The highest BCUT2D eigenvalue weighted by Gasteiger charge is 2.41. The molecule has 0 aromatic heterocycles. The summed E-state index contributed by atoms with van der Waals surface area (Å²) in [5.74, 6) is 0.663. The third kappa shape index (κ3) is 8.40. The first kappa shape index (κ1) is 32.8. The topological polar surface area (TPSA) is 80.7 Å². The number of ether oxygens (including phenoxy) is 4. The van der Waals surface area contributed by atoms with Gasteiger partial charge in [-0.05, 0) is 49.7 Å². The van der Waals surface area contributed by atoms with Crippen LogP contribution in [0.2, 0.25) is 0 Å². The molecular weight excluding hydrogens is 551 g/mol. The second-order valence-corrected chi connectivity index (χ2v) is 10.8. The first-order valence-electron chi connectivity index (χ1n) is 14.3. The molecule has 2 heterocycles. The fourth-order valence-electron chi connectivity index (χ4n) is 5.84. The van der Waals surface area contributed by atoms with Crippen molar-refractivity contribution >= 4 is 29.8 Å². The fraction of sp³-hybridized carbons (Fsp3) is 0.581. The number of hydrogen-bond donors (Lipinski definition) is 1. The monoisotopic (exact) mass is 594 g/mol. The molecule has 0 amide bonds. The van der Waals surface area contributed by atoms with Gasteiger partial charge in [0.2, 0.25) is 0 Å². The zero-order valence-electron chi connectivity index (χ0n) is 24.5. The van der Waals surface area contributed by atoms with Gasteiger partial charge in [-0.15, -0.1) is 12.4 Å². The molecule has 4 rings (SSSR count). The Morgan fingerprint density at radius 1 is 1.05 bits per heavy atom. The number of rotatable bonds is 13. The second-order valence-electron chi connectivity index (χ2n) is 10.8. The van der Waals surface area contributed by atoms with E-state index in [0.717, 1.165) is 24.3 Å². The molecule has 2 aromatic rings. The number of piperidine rings is 1. The van der Waals surface area contributed by atoms with Crippen LogP contribution in [0.15, 0.2) is 42.5 Å². The lowest BCUT2D eigenvalue weighted by atomic mass is 9.95. The van der Waals surface area contributed by atoms with E-state index in [1.807, 2.05) is 31.2 Å². The van der Waals surface area contributed by atoms with Gasteiger partial charge in [-0.2, -0.15) is 0 Å². The summed E-state index contributed by atoms with van der Waals surface area (Å²) < 4.78 is 37.8. The molecule has 228 valence electrons. The Balaban J connectivity index is 0.00000462. The highest BCUT2D eigenvalue weighted by molar-refractivity contribution is 5.85. The fourth-order valence-corrected chi connectivity index (χ4v) is 5.84. The van der Waals surface area contributed by atoms with Crippen LogP contribution in [-0.2, 0) is 14.3 Å². The van der Waals surface area contributed by atoms with E-state index in [4.69, 9.17) is 18.9 Å². The highest BCUT2D eigenvalue weighted by atomic mass is 35.5. The van der Waals surface area contributed by atoms with Gasteiger partial charge in [-0.3, -0.25) is 4.79 Å². The van der Waals surface area contributed by atoms with Crippen molar-refractivity contribution in [3.8, 4) is 11.5 Å². The van der Waals surface area contributed by atoms with Gasteiger partial charge in [-0.1, -0.05) is 13.8 Å². The Morgan fingerprint density at radius 2 is 1.78 bits per heavy atom. The summed E-state index contributed by atoms with van der Waals surface area (Å²) in [6.45, 7) is 9.89. The molecule has 2 aliphatic heterocycles. The lowest BCUT2D eigenvalue weighted by Gasteiger charge is -2.38. The minimum atomic E-state index is -0.813. The van der Waals surface area contributed by atoms with E-state index < -0.39 is 5.97 Å². The van der Waals surface area contributed by atoms with E-state index in [2.05, 4.69) is 23.6 Å². The van der Waals surface area contributed by atoms with Crippen molar-refractivity contribution in [2.45, 2.75) is 58.3 Å². The van der Waals surface area contributed by atoms with Crippen LogP contribution in [-0.4, -0.2) is 75.9 Å². The molecule has 0 spiro atoms. The predicted molar refractivity (Wildman–Crippen MR) is 160 cm³/mol. The van der Waals surface area contributed by atoms with E-state index in [9.17, 15) is 14.3 Å². The lowest BCUT2D eigenvalue weighted by molar-refractivity contribution is -0.137. The van der Waals surface area contributed by atoms with Gasteiger partial charge in [0.1, 0.15) is 23.4 Å². The van der Waals surface area contributed by atoms with Crippen LogP contribution in [0.4, 0.5) is 15.8 Å². The molecule has 2 aromatic carbocycles. The largest absolute Gasteiger partial charge is 0.494 e. The van der Waals surface area contributed by atoms with E-state index in [0.29, 0.717) is 50.9 Å². The Labute approximate surface area is 249 Å². The number of aliphatic carboxylic acids is 1. The SMILES string of the molecule is CCOc1ccc(F)c(N2CCC(Oc3ccc(N4C[C@H](OCCCOC)[C@@H](C)[C@@H]4CC(=O)O)cc3)C(C)C2)c1.Cl. The molecule has 10 heteroatoms. The molecule has 2 saturated heterocycles. The maximum atomic E-state index is 14.6. The summed E-state index contributed by atoms with van der Waals surface area (Å²) in [6, 6.07) is 12.7. The molecule has 5 atom stereocenters. The van der Waals surface area contributed by atoms with Crippen molar-refractivity contribution in [3.05, 3.63) is 48.3 Å². The smallest absolute Gasteiger partial charge is 0.305 e. The summed E-state index contributed by atoms with van der Waals surface area (Å²) in [5.41, 5.74) is 1.53. The standard InChI is InChI=1S/C31H43FN2O6.ClH/c1-5-38-25-11-12-26(32)28(17-25)33-14-13-29(21(2)19-33)40-24-9-7-23(8-10-24)34-20-30(39-16-6-15-37-4)22(3)27(34)18-31(35)36;/h7-12,17,21-22,27,29-30H,5-6,13-16,18-20H2,1-4H3,(H,35,36);1H/t21?,22-,27-,29?,30-;/m0./s1. The number of nitrogens with zero attached hydrogens (tertiary/aromatic N) is 2. The van der Waals surface area contributed by atoms with Crippen LogP contribution >= 0.6 is 12.4 Å².